The molecular weight excluding hydrogens is 320 g/mol. The van der Waals surface area contributed by atoms with Crippen LogP contribution in [0.4, 0.5) is 11.4 Å². The lowest BCUT2D eigenvalue weighted by Crippen LogP contribution is -2.14. The minimum absolute atomic E-state index is 0.275. The number of aryl methyl sites for hydroxylation is 1. The molecule has 0 saturated carbocycles. The van der Waals surface area contributed by atoms with Crippen molar-refractivity contribution in [2.45, 2.75) is 31.2 Å². The number of sulfonamides is 1. The number of rotatable bonds is 3. The number of hydrogen-bond donors (Lipinski definition) is 2. The monoisotopic (exact) mass is 336 g/mol. The fourth-order valence-electron chi connectivity index (χ4n) is 2.64. The molecule has 2 aromatic carbocycles. The maximum absolute atomic E-state index is 12.6. The van der Waals surface area contributed by atoms with E-state index >= 15 is 0 Å². The second-order valence-corrected chi connectivity index (χ2v) is 7.75. The molecule has 0 fully saturated rings. The Balaban J connectivity index is 1.92. The Morgan fingerprint density at radius 2 is 2.00 bits per heavy atom. The van der Waals surface area contributed by atoms with Crippen molar-refractivity contribution >= 4 is 33.0 Å². The Morgan fingerprint density at radius 1 is 1.23 bits per heavy atom. The van der Waals surface area contributed by atoms with Gasteiger partial charge in [-0.3, -0.25) is 4.72 Å². The van der Waals surface area contributed by atoms with Crippen LogP contribution in [-0.2, 0) is 16.4 Å². The lowest BCUT2D eigenvalue weighted by atomic mass is 10.1. The van der Waals surface area contributed by atoms with E-state index in [-0.39, 0.29) is 4.90 Å². The second-order valence-electron chi connectivity index (χ2n) is 5.63. The van der Waals surface area contributed by atoms with Crippen molar-refractivity contribution in [3.05, 3.63) is 52.5 Å². The highest BCUT2D eigenvalue weighted by Gasteiger charge is 2.21. The van der Waals surface area contributed by atoms with Crippen LogP contribution < -0.4 is 10.0 Å². The molecule has 2 aromatic rings. The van der Waals surface area contributed by atoms with Crippen LogP contribution in [0.25, 0.3) is 0 Å². The van der Waals surface area contributed by atoms with Crippen molar-refractivity contribution in [2.24, 2.45) is 0 Å². The van der Waals surface area contributed by atoms with Crippen LogP contribution in [0.15, 0.2) is 41.3 Å². The van der Waals surface area contributed by atoms with Crippen molar-refractivity contribution in [1.29, 1.82) is 0 Å². The molecule has 2 N–H and O–H groups in total. The standard InChI is InChI=1S/C16H17ClN2O2S/c1-10-7-13(17)3-5-15(10)19-22(20,21)14-4-6-16-12(9-14)8-11(2)18-16/h3-7,9,11,18-19H,8H2,1-2H3/t11-/m0/s1. The molecule has 4 nitrogen and oxygen atoms in total. The van der Waals surface area contributed by atoms with Gasteiger partial charge in [-0.2, -0.15) is 0 Å². The minimum Gasteiger partial charge on any atom is -0.382 e. The topological polar surface area (TPSA) is 58.2 Å². The quantitative estimate of drug-likeness (QED) is 0.896. The van der Waals surface area contributed by atoms with Gasteiger partial charge in [-0.15, -0.1) is 0 Å². The first-order chi connectivity index (χ1) is 10.3. The highest BCUT2D eigenvalue weighted by Crippen LogP contribution is 2.29. The molecule has 0 saturated heterocycles. The summed E-state index contributed by atoms with van der Waals surface area (Å²) < 4.78 is 27.7. The number of hydrogen-bond acceptors (Lipinski definition) is 3. The van der Waals surface area contributed by atoms with E-state index in [0.29, 0.717) is 16.8 Å². The van der Waals surface area contributed by atoms with Gasteiger partial charge >= 0.3 is 0 Å². The van der Waals surface area contributed by atoms with Gasteiger partial charge in [-0.1, -0.05) is 11.6 Å². The van der Waals surface area contributed by atoms with Gasteiger partial charge in [0.05, 0.1) is 10.6 Å². The highest BCUT2D eigenvalue weighted by molar-refractivity contribution is 7.92. The number of benzene rings is 2. The van der Waals surface area contributed by atoms with Crippen LogP contribution >= 0.6 is 11.6 Å². The summed E-state index contributed by atoms with van der Waals surface area (Å²) in [6, 6.07) is 10.6. The smallest absolute Gasteiger partial charge is 0.261 e. The SMILES string of the molecule is Cc1cc(Cl)ccc1NS(=O)(=O)c1ccc2c(c1)C[C@H](C)N2. The first kappa shape index (κ1) is 15.2. The summed E-state index contributed by atoms with van der Waals surface area (Å²) in [5, 5.41) is 3.89. The van der Waals surface area contributed by atoms with E-state index in [9.17, 15) is 8.42 Å². The van der Waals surface area contributed by atoms with Gasteiger partial charge in [0.25, 0.3) is 10.0 Å². The first-order valence-electron chi connectivity index (χ1n) is 7.03. The van der Waals surface area contributed by atoms with Crippen LogP contribution in [0, 0.1) is 6.92 Å². The maximum Gasteiger partial charge on any atom is 0.261 e. The first-order valence-corrected chi connectivity index (χ1v) is 8.90. The third-order valence-corrected chi connectivity index (χ3v) is 5.35. The molecule has 0 radical (unpaired) electrons. The molecule has 1 aliphatic heterocycles. The van der Waals surface area contributed by atoms with Crippen molar-refractivity contribution in [3.8, 4) is 0 Å². The molecule has 116 valence electrons. The number of nitrogens with one attached hydrogen (secondary N) is 2. The molecular formula is C16H17ClN2O2S. The molecule has 0 aromatic heterocycles. The average molecular weight is 337 g/mol. The predicted octanol–water partition coefficient (Wildman–Crippen LogP) is 3.81. The summed E-state index contributed by atoms with van der Waals surface area (Å²) in [6.07, 6.45) is 0.832. The summed E-state index contributed by atoms with van der Waals surface area (Å²) in [6.45, 7) is 3.89. The maximum atomic E-state index is 12.6. The third-order valence-electron chi connectivity index (χ3n) is 3.75. The van der Waals surface area contributed by atoms with E-state index in [2.05, 4.69) is 17.0 Å². The zero-order valence-electron chi connectivity index (χ0n) is 12.4. The molecule has 6 heteroatoms. The van der Waals surface area contributed by atoms with E-state index < -0.39 is 10.0 Å². The van der Waals surface area contributed by atoms with Gasteiger partial charge in [0, 0.05) is 16.8 Å². The molecule has 1 aliphatic rings. The lowest BCUT2D eigenvalue weighted by Gasteiger charge is -2.11. The summed E-state index contributed by atoms with van der Waals surface area (Å²) >= 11 is 5.90. The lowest BCUT2D eigenvalue weighted by molar-refractivity contribution is 0.601. The number of fused-ring (bicyclic) bond motifs is 1. The second kappa shape index (κ2) is 5.48. The van der Waals surface area contributed by atoms with Crippen LogP contribution in [-0.4, -0.2) is 14.5 Å². The zero-order chi connectivity index (χ0) is 15.9. The minimum atomic E-state index is -3.61. The summed E-state index contributed by atoms with van der Waals surface area (Å²) in [5.41, 5.74) is 3.36. The summed E-state index contributed by atoms with van der Waals surface area (Å²) in [4.78, 5) is 0.275. The predicted molar refractivity (Wildman–Crippen MR) is 90.2 cm³/mol. The van der Waals surface area contributed by atoms with E-state index in [1.165, 1.54) is 0 Å². The van der Waals surface area contributed by atoms with Gasteiger partial charge in [0.1, 0.15) is 0 Å². The Labute approximate surface area is 135 Å². The van der Waals surface area contributed by atoms with Crippen LogP contribution in [0.5, 0.6) is 0 Å². The average Bonchev–Trinajstić information content (AvgIpc) is 2.81. The van der Waals surface area contributed by atoms with E-state index in [1.54, 1.807) is 30.3 Å². The molecule has 1 heterocycles. The molecule has 0 aliphatic carbocycles. The molecule has 0 bridgehead atoms. The Bertz CT molecular complexity index is 834. The molecule has 0 unspecified atom stereocenters. The molecule has 1 atom stereocenters. The summed E-state index contributed by atoms with van der Waals surface area (Å²) in [7, 11) is -3.61. The number of anilines is 2. The van der Waals surface area contributed by atoms with E-state index in [0.717, 1.165) is 23.2 Å². The van der Waals surface area contributed by atoms with E-state index in [1.807, 2.05) is 13.0 Å². The van der Waals surface area contributed by atoms with Crippen LogP contribution in [0.2, 0.25) is 5.02 Å². The molecule has 0 spiro atoms. The molecule has 0 amide bonds. The van der Waals surface area contributed by atoms with Crippen molar-refractivity contribution in [1.82, 2.24) is 0 Å². The highest BCUT2D eigenvalue weighted by atomic mass is 35.5. The van der Waals surface area contributed by atoms with Gasteiger partial charge < -0.3 is 5.32 Å². The van der Waals surface area contributed by atoms with Crippen LogP contribution in [0.3, 0.4) is 0 Å². The Hall–Kier alpha value is -1.72. The molecule has 3 rings (SSSR count). The largest absolute Gasteiger partial charge is 0.382 e. The fourth-order valence-corrected chi connectivity index (χ4v) is 4.05. The van der Waals surface area contributed by atoms with Gasteiger partial charge in [0.15, 0.2) is 0 Å². The zero-order valence-corrected chi connectivity index (χ0v) is 13.9. The van der Waals surface area contributed by atoms with Crippen molar-refractivity contribution in [3.63, 3.8) is 0 Å². The van der Waals surface area contributed by atoms with Crippen molar-refractivity contribution < 1.29 is 8.42 Å². The van der Waals surface area contributed by atoms with Gasteiger partial charge in [-0.25, -0.2) is 8.42 Å². The van der Waals surface area contributed by atoms with Gasteiger partial charge in [0.2, 0.25) is 0 Å². The normalized spacial score (nSPS) is 17.0. The Morgan fingerprint density at radius 3 is 2.73 bits per heavy atom. The fraction of sp³-hybridized carbons (Fsp3) is 0.250. The molecule has 22 heavy (non-hydrogen) atoms. The van der Waals surface area contributed by atoms with Gasteiger partial charge in [-0.05, 0) is 67.8 Å². The van der Waals surface area contributed by atoms with Crippen molar-refractivity contribution in [2.75, 3.05) is 10.0 Å². The van der Waals surface area contributed by atoms with Crippen LogP contribution in [0.1, 0.15) is 18.1 Å². The van der Waals surface area contributed by atoms with E-state index in [4.69, 9.17) is 11.6 Å². The summed E-state index contributed by atoms with van der Waals surface area (Å²) in [5.74, 6) is 0. The Kier molecular flexibility index (Phi) is 3.78. The third kappa shape index (κ3) is 2.91. The number of halogens is 1.